The Kier molecular flexibility index (Phi) is 2.81. The first-order valence-corrected chi connectivity index (χ1v) is 3.76. The Morgan fingerprint density at radius 3 is 2.43 bits per heavy atom. The molecule has 1 aromatic rings. The molecule has 0 saturated carbocycles. The first kappa shape index (κ1) is 10.2. The molecule has 0 heterocycles. The van der Waals surface area contributed by atoms with Gasteiger partial charge in [-0.15, -0.1) is 0 Å². The zero-order chi connectivity index (χ0) is 10.7. The van der Waals surface area contributed by atoms with Crippen LogP contribution in [0.15, 0.2) is 12.1 Å². The second-order valence-corrected chi connectivity index (χ2v) is 2.51. The molecule has 1 rings (SSSR count). The average molecular weight is 197 g/mol. The van der Waals surface area contributed by atoms with Gasteiger partial charge in [-0.05, 0) is 6.07 Å². The molecule has 0 aromatic heterocycles. The van der Waals surface area contributed by atoms with Gasteiger partial charge in [0.15, 0.2) is 0 Å². The zero-order valence-corrected chi connectivity index (χ0v) is 7.73. The topological polar surface area (TPSA) is 78.8 Å². The monoisotopic (exact) mass is 197 g/mol. The van der Waals surface area contributed by atoms with Crippen LogP contribution in [0.5, 0.6) is 17.2 Å². The SMILES string of the molecule is COc1cc([O-])c(C(=O)O)c(OC)c1. The maximum Gasteiger partial charge on any atom is 0.338 e. The highest BCUT2D eigenvalue weighted by Gasteiger charge is 2.13. The zero-order valence-electron chi connectivity index (χ0n) is 7.73. The highest BCUT2D eigenvalue weighted by Crippen LogP contribution is 2.31. The third-order valence-corrected chi connectivity index (χ3v) is 1.71. The first-order chi connectivity index (χ1) is 6.60. The maximum absolute atomic E-state index is 11.3. The summed E-state index contributed by atoms with van der Waals surface area (Å²) >= 11 is 0. The van der Waals surface area contributed by atoms with Crippen LogP contribution in [-0.4, -0.2) is 25.3 Å². The Morgan fingerprint density at radius 1 is 1.36 bits per heavy atom. The van der Waals surface area contributed by atoms with E-state index in [4.69, 9.17) is 14.6 Å². The van der Waals surface area contributed by atoms with E-state index in [0.29, 0.717) is 0 Å². The van der Waals surface area contributed by atoms with Crippen molar-refractivity contribution in [2.45, 2.75) is 0 Å². The smallest absolute Gasteiger partial charge is 0.338 e. The van der Waals surface area contributed by atoms with Gasteiger partial charge in [0.1, 0.15) is 11.5 Å². The molecule has 76 valence electrons. The van der Waals surface area contributed by atoms with Gasteiger partial charge in [-0.3, -0.25) is 0 Å². The quantitative estimate of drug-likeness (QED) is 0.762. The fourth-order valence-corrected chi connectivity index (χ4v) is 1.06. The molecule has 0 amide bonds. The third-order valence-electron chi connectivity index (χ3n) is 1.71. The summed E-state index contributed by atoms with van der Waals surface area (Å²) in [5.74, 6) is -1.66. The van der Waals surface area contributed by atoms with Crippen LogP contribution in [0.25, 0.3) is 0 Å². The maximum atomic E-state index is 11.3. The Bertz CT molecular complexity index is 358. The minimum atomic E-state index is -1.31. The molecule has 5 nitrogen and oxygen atoms in total. The standard InChI is InChI=1S/C9H10O5/c1-13-5-3-6(10)8(9(11)12)7(4-5)14-2/h3-4,10H,1-2H3,(H,11,12)/p-1. The van der Waals surface area contributed by atoms with Crippen molar-refractivity contribution < 1.29 is 24.5 Å². The molecule has 0 spiro atoms. The van der Waals surface area contributed by atoms with Crippen molar-refractivity contribution in [3.8, 4) is 17.2 Å². The molecule has 1 aromatic carbocycles. The largest absolute Gasteiger partial charge is 0.872 e. The minimum absolute atomic E-state index is 0.00171. The summed E-state index contributed by atoms with van der Waals surface area (Å²) in [6.45, 7) is 0. The molecule has 14 heavy (non-hydrogen) atoms. The van der Waals surface area contributed by atoms with E-state index in [2.05, 4.69) is 0 Å². The van der Waals surface area contributed by atoms with E-state index in [0.717, 1.165) is 6.07 Å². The van der Waals surface area contributed by atoms with Gasteiger partial charge >= 0.3 is 5.97 Å². The lowest BCUT2D eigenvalue weighted by Crippen LogP contribution is -2.06. The van der Waals surface area contributed by atoms with E-state index in [-0.39, 0.29) is 17.1 Å². The lowest BCUT2D eigenvalue weighted by Gasteiger charge is -2.15. The van der Waals surface area contributed by atoms with Gasteiger partial charge in [-0.25, -0.2) is 4.79 Å². The molecule has 0 unspecified atom stereocenters. The van der Waals surface area contributed by atoms with Crippen molar-refractivity contribution in [3.63, 3.8) is 0 Å². The molecule has 0 fully saturated rings. The number of aromatic carboxylic acids is 1. The number of ether oxygens (including phenoxy) is 2. The van der Waals surface area contributed by atoms with E-state index in [1.54, 1.807) is 0 Å². The van der Waals surface area contributed by atoms with Crippen LogP contribution in [0.4, 0.5) is 0 Å². The summed E-state index contributed by atoms with van der Waals surface area (Å²) in [4.78, 5) is 10.7. The average Bonchev–Trinajstić information content (AvgIpc) is 2.15. The molecule has 0 aliphatic rings. The lowest BCUT2D eigenvalue weighted by atomic mass is 10.1. The molecule has 0 aliphatic carbocycles. The van der Waals surface area contributed by atoms with Crippen molar-refractivity contribution >= 4 is 5.97 Å². The van der Waals surface area contributed by atoms with Crippen molar-refractivity contribution in [2.75, 3.05) is 14.2 Å². The van der Waals surface area contributed by atoms with Gasteiger partial charge in [0, 0.05) is 6.07 Å². The van der Waals surface area contributed by atoms with Crippen LogP contribution < -0.4 is 14.6 Å². The summed E-state index contributed by atoms with van der Waals surface area (Å²) in [7, 11) is 2.68. The number of carboxylic acid groups (broad SMARTS) is 1. The molecular formula is C9H9O5-. The van der Waals surface area contributed by atoms with E-state index in [1.807, 2.05) is 0 Å². The second kappa shape index (κ2) is 3.87. The first-order valence-electron chi connectivity index (χ1n) is 3.76. The Hall–Kier alpha value is -1.91. The van der Waals surface area contributed by atoms with E-state index in [9.17, 15) is 9.90 Å². The van der Waals surface area contributed by atoms with Crippen molar-refractivity contribution in [2.24, 2.45) is 0 Å². The Labute approximate surface area is 80.5 Å². The summed E-state index contributed by atoms with van der Waals surface area (Å²) in [6.07, 6.45) is 0. The fraction of sp³-hybridized carbons (Fsp3) is 0.222. The van der Waals surface area contributed by atoms with Crippen LogP contribution in [-0.2, 0) is 0 Å². The number of benzene rings is 1. The second-order valence-electron chi connectivity index (χ2n) is 2.51. The van der Waals surface area contributed by atoms with Gasteiger partial charge in [0.25, 0.3) is 0 Å². The van der Waals surface area contributed by atoms with Gasteiger partial charge in [0.05, 0.1) is 19.8 Å². The Balaban J connectivity index is 3.34. The molecule has 5 heteroatoms. The third kappa shape index (κ3) is 1.71. The van der Waals surface area contributed by atoms with E-state index >= 15 is 0 Å². The summed E-state index contributed by atoms with van der Waals surface area (Å²) < 4.78 is 9.57. The van der Waals surface area contributed by atoms with Gasteiger partial charge in [-0.2, -0.15) is 0 Å². The van der Waals surface area contributed by atoms with E-state index in [1.165, 1.54) is 20.3 Å². The number of carboxylic acids is 1. The Morgan fingerprint density at radius 2 is 2.00 bits per heavy atom. The molecule has 0 radical (unpaired) electrons. The predicted octanol–water partition coefficient (Wildman–Crippen LogP) is 0.476. The van der Waals surface area contributed by atoms with Crippen LogP contribution in [0.2, 0.25) is 0 Å². The number of hydrogen-bond donors (Lipinski definition) is 1. The number of carbonyl (C=O) groups is 1. The highest BCUT2D eigenvalue weighted by atomic mass is 16.5. The summed E-state index contributed by atoms with van der Waals surface area (Å²) in [6, 6.07) is 2.46. The van der Waals surface area contributed by atoms with Crippen molar-refractivity contribution in [1.82, 2.24) is 0 Å². The molecule has 0 aliphatic heterocycles. The lowest BCUT2D eigenvalue weighted by molar-refractivity contribution is -0.269. The van der Waals surface area contributed by atoms with Crippen LogP contribution in [0.1, 0.15) is 10.4 Å². The highest BCUT2D eigenvalue weighted by molar-refractivity contribution is 5.94. The summed E-state index contributed by atoms with van der Waals surface area (Å²) in [5, 5.41) is 20.0. The van der Waals surface area contributed by atoms with Crippen LogP contribution in [0, 0.1) is 0 Å². The van der Waals surface area contributed by atoms with Crippen molar-refractivity contribution in [3.05, 3.63) is 17.7 Å². The number of hydrogen-bond acceptors (Lipinski definition) is 4. The van der Waals surface area contributed by atoms with Crippen molar-refractivity contribution in [1.29, 1.82) is 0 Å². The van der Waals surface area contributed by atoms with Gasteiger partial charge < -0.3 is 19.7 Å². The number of rotatable bonds is 3. The van der Waals surface area contributed by atoms with E-state index < -0.39 is 11.7 Å². The molecule has 1 N–H and O–H groups in total. The molecule has 0 bridgehead atoms. The molecular weight excluding hydrogens is 188 g/mol. The van der Waals surface area contributed by atoms with Crippen LogP contribution in [0.3, 0.4) is 0 Å². The molecule has 0 atom stereocenters. The van der Waals surface area contributed by atoms with Gasteiger partial charge in [0.2, 0.25) is 0 Å². The van der Waals surface area contributed by atoms with Crippen LogP contribution >= 0.6 is 0 Å². The molecule has 0 saturated heterocycles. The fourth-order valence-electron chi connectivity index (χ4n) is 1.06. The summed E-state index contributed by atoms with van der Waals surface area (Å²) in [5.41, 5.74) is -0.381. The number of methoxy groups -OCH3 is 2. The predicted molar refractivity (Wildman–Crippen MR) is 46.0 cm³/mol. The normalized spacial score (nSPS) is 9.57. The van der Waals surface area contributed by atoms with Gasteiger partial charge in [-0.1, -0.05) is 5.75 Å². The minimum Gasteiger partial charge on any atom is -0.872 e.